The molecule has 0 aromatic heterocycles. The molecule has 0 saturated carbocycles. The predicted molar refractivity (Wildman–Crippen MR) is 109 cm³/mol. The average Bonchev–Trinajstić information content (AvgIpc) is 2.72. The summed E-state index contributed by atoms with van der Waals surface area (Å²) in [6.45, 7) is 2.48. The van der Waals surface area contributed by atoms with Crippen LogP contribution in [0.1, 0.15) is 16.7 Å². The van der Waals surface area contributed by atoms with Crippen molar-refractivity contribution < 1.29 is 23.7 Å². The van der Waals surface area contributed by atoms with Gasteiger partial charge in [0.2, 0.25) is 0 Å². The molecule has 0 N–H and O–H groups in total. The minimum absolute atomic E-state index is 0.0514. The van der Waals surface area contributed by atoms with Crippen LogP contribution in [-0.2, 0) is 9.53 Å². The van der Waals surface area contributed by atoms with Crippen molar-refractivity contribution in [2.45, 2.75) is 6.92 Å². The monoisotopic (exact) mass is 380 g/mol. The second-order valence-corrected chi connectivity index (χ2v) is 6.43. The molecule has 2 aromatic rings. The Morgan fingerprint density at radius 2 is 1.25 bits per heavy atom. The largest absolute Gasteiger partial charge is 0.496 e. The van der Waals surface area contributed by atoms with Crippen LogP contribution in [0.2, 0.25) is 0 Å². The molecular weight excluding hydrogens is 356 g/mol. The molecular formula is C23H24O5. The minimum Gasteiger partial charge on any atom is -0.496 e. The van der Waals surface area contributed by atoms with Crippen LogP contribution < -0.4 is 14.2 Å². The number of aryl methyl sites for hydroxylation is 1. The number of benzene rings is 2. The average molecular weight is 380 g/mol. The Bertz CT molecular complexity index is 918. The van der Waals surface area contributed by atoms with Crippen LogP contribution in [-0.4, -0.2) is 40.3 Å². The number of hydrogen-bond donors (Lipinski definition) is 0. The normalized spacial score (nSPS) is 17.1. The van der Waals surface area contributed by atoms with Crippen LogP contribution in [0.3, 0.4) is 0 Å². The van der Waals surface area contributed by atoms with Gasteiger partial charge in [-0.15, -0.1) is 0 Å². The molecule has 2 aromatic carbocycles. The Morgan fingerprint density at radius 1 is 0.786 bits per heavy atom. The molecule has 1 heterocycles. The highest BCUT2D eigenvalue weighted by Gasteiger charge is 2.23. The van der Waals surface area contributed by atoms with Gasteiger partial charge < -0.3 is 18.9 Å². The number of carbonyl (C=O) groups is 1. The van der Waals surface area contributed by atoms with E-state index >= 15 is 0 Å². The topological polar surface area (TPSA) is 54.0 Å². The van der Waals surface area contributed by atoms with Crippen molar-refractivity contribution in [3.05, 3.63) is 64.2 Å². The smallest absolute Gasteiger partial charge is 0.189 e. The van der Waals surface area contributed by atoms with Crippen LogP contribution in [0, 0.1) is 6.92 Å². The molecule has 0 amide bonds. The summed E-state index contributed by atoms with van der Waals surface area (Å²) in [6.07, 6.45) is 3.63. The van der Waals surface area contributed by atoms with Gasteiger partial charge in [0.1, 0.15) is 17.2 Å². The van der Waals surface area contributed by atoms with E-state index in [2.05, 4.69) is 0 Å². The van der Waals surface area contributed by atoms with Gasteiger partial charge in [-0.2, -0.15) is 0 Å². The quantitative estimate of drug-likeness (QED) is 0.732. The van der Waals surface area contributed by atoms with E-state index in [-0.39, 0.29) is 19.0 Å². The fraction of sp³-hybridized carbons (Fsp3) is 0.261. The molecule has 5 nitrogen and oxygen atoms in total. The lowest BCUT2D eigenvalue weighted by Crippen LogP contribution is -2.22. The molecule has 0 unspecified atom stereocenters. The maximum Gasteiger partial charge on any atom is 0.189 e. The van der Waals surface area contributed by atoms with Crippen molar-refractivity contribution >= 4 is 17.9 Å². The zero-order chi connectivity index (χ0) is 20.1. The fourth-order valence-corrected chi connectivity index (χ4v) is 3.21. The highest BCUT2D eigenvalue weighted by molar-refractivity contribution is 6.14. The van der Waals surface area contributed by atoms with E-state index in [1.807, 2.05) is 49.4 Å². The summed E-state index contributed by atoms with van der Waals surface area (Å²) in [4.78, 5) is 13.1. The number of rotatable bonds is 5. The predicted octanol–water partition coefficient (Wildman–Crippen LogP) is 4.09. The van der Waals surface area contributed by atoms with Crippen LogP contribution in [0.5, 0.6) is 17.2 Å². The summed E-state index contributed by atoms with van der Waals surface area (Å²) in [5, 5.41) is 0. The molecule has 0 aliphatic carbocycles. The van der Waals surface area contributed by atoms with Crippen molar-refractivity contribution in [2.75, 3.05) is 34.5 Å². The lowest BCUT2D eigenvalue weighted by molar-refractivity contribution is -0.114. The van der Waals surface area contributed by atoms with Crippen molar-refractivity contribution in [1.82, 2.24) is 0 Å². The van der Waals surface area contributed by atoms with E-state index < -0.39 is 0 Å². The highest BCUT2D eigenvalue weighted by Crippen LogP contribution is 2.32. The van der Waals surface area contributed by atoms with Crippen molar-refractivity contribution in [3.8, 4) is 17.2 Å². The molecule has 0 bridgehead atoms. The third kappa shape index (κ3) is 3.94. The SMILES string of the molecule is COc1cccc(C)c1/C=C1\COC/C(=C\c2c(OC)cccc2OC)C1=O. The van der Waals surface area contributed by atoms with E-state index in [0.29, 0.717) is 28.2 Å². The van der Waals surface area contributed by atoms with Gasteiger partial charge in [-0.1, -0.05) is 18.2 Å². The molecule has 28 heavy (non-hydrogen) atoms. The molecule has 1 saturated heterocycles. The van der Waals surface area contributed by atoms with Gasteiger partial charge in [-0.3, -0.25) is 4.79 Å². The molecule has 0 radical (unpaired) electrons. The molecule has 5 heteroatoms. The van der Waals surface area contributed by atoms with Gasteiger partial charge in [0.15, 0.2) is 5.78 Å². The lowest BCUT2D eigenvalue weighted by atomic mass is 9.96. The maximum absolute atomic E-state index is 13.1. The van der Waals surface area contributed by atoms with E-state index in [4.69, 9.17) is 18.9 Å². The third-order valence-electron chi connectivity index (χ3n) is 4.71. The Labute approximate surface area is 165 Å². The molecule has 1 aliphatic heterocycles. The zero-order valence-corrected chi connectivity index (χ0v) is 16.6. The summed E-state index contributed by atoms with van der Waals surface area (Å²) in [5.74, 6) is 1.94. The molecule has 3 rings (SSSR count). The van der Waals surface area contributed by atoms with Gasteiger partial charge in [0.25, 0.3) is 0 Å². The molecule has 146 valence electrons. The molecule has 1 aliphatic rings. The van der Waals surface area contributed by atoms with Crippen molar-refractivity contribution in [1.29, 1.82) is 0 Å². The van der Waals surface area contributed by atoms with Crippen LogP contribution in [0.4, 0.5) is 0 Å². The Kier molecular flexibility index (Phi) is 6.16. The first-order chi connectivity index (χ1) is 13.6. The van der Waals surface area contributed by atoms with E-state index in [0.717, 1.165) is 16.9 Å². The standard InChI is InChI=1S/C23H24O5/c1-15-7-5-8-20(25-2)18(15)11-16-13-28-14-17(23(16)24)12-19-21(26-3)9-6-10-22(19)27-4/h5-12H,13-14H2,1-4H3/b16-11+,17-12+. The second-order valence-electron chi connectivity index (χ2n) is 6.43. The van der Waals surface area contributed by atoms with Crippen LogP contribution in [0.15, 0.2) is 47.5 Å². The van der Waals surface area contributed by atoms with E-state index in [9.17, 15) is 4.79 Å². The van der Waals surface area contributed by atoms with E-state index in [1.54, 1.807) is 27.4 Å². The first kappa shape index (κ1) is 19.7. The second kappa shape index (κ2) is 8.76. The van der Waals surface area contributed by atoms with Gasteiger partial charge in [0.05, 0.1) is 40.1 Å². The molecule has 1 fully saturated rings. The summed E-state index contributed by atoms with van der Waals surface area (Å²) >= 11 is 0. The Morgan fingerprint density at radius 3 is 1.79 bits per heavy atom. The highest BCUT2D eigenvalue weighted by atomic mass is 16.5. The number of carbonyl (C=O) groups excluding carboxylic acids is 1. The molecule has 0 spiro atoms. The number of Topliss-reactive ketones (excluding diaryl/α,β-unsaturated/α-hetero) is 1. The summed E-state index contributed by atoms with van der Waals surface area (Å²) < 4.78 is 22.0. The first-order valence-corrected chi connectivity index (χ1v) is 8.97. The van der Waals surface area contributed by atoms with Gasteiger partial charge in [0, 0.05) is 16.7 Å². The van der Waals surface area contributed by atoms with Gasteiger partial charge in [-0.25, -0.2) is 0 Å². The molecule has 0 atom stereocenters. The number of hydrogen-bond acceptors (Lipinski definition) is 5. The third-order valence-corrected chi connectivity index (χ3v) is 4.71. The van der Waals surface area contributed by atoms with Crippen molar-refractivity contribution in [2.24, 2.45) is 0 Å². The first-order valence-electron chi connectivity index (χ1n) is 8.97. The Hall–Kier alpha value is -3.05. The summed E-state index contributed by atoms with van der Waals surface area (Å²) in [6, 6.07) is 11.3. The van der Waals surface area contributed by atoms with E-state index in [1.165, 1.54) is 0 Å². The van der Waals surface area contributed by atoms with Crippen LogP contribution in [0.25, 0.3) is 12.2 Å². The van der Waals surface area contributed by atoms with Crippen LogP contribution >= 0.6 is 0 Å². The fourth-order valence-electron chi connectivity index (χ4n) is 3.21. The summed E-state index contributed by atoms with van der Waals surface area (Å²) in [5.41, 5.74) is 3.76. The zero-order valence-electron chi connectivity index (χ0n) is 16.6. The summed E-state index contributed by atoms with van der Waals surface area (Å²) in [7, 11) is 4.80. The lowest BCUT2D eigenvalue weighted by Gasteiger charge is -2.19. The van der Waals surface area contributed by atoms with Gasteiger partial charge >= 0.3 is 0 Å². The number of ketones is 1. The number of methoxy groups -OCH3 is 3. The maximum atomic E-state index is 13.1. The van der Waals surface area contributed by atoms with Gasteiger partial charge in [-0.05, 0) is 42.8 Å². The van der Waals surface area contributed by atoms with Crippen molar-refractivity contribution in [3.63, 3.8) is 0 Å². The number of ether oxygens (including phenoxy) is 4. The Balaban J connectivity index is 2.02. The minimum atomic E-state index is -0.0514.